The number of nitrogen functional groups attached to an aromatic ring is 1. The maximum Gasteiger partial charge on any atom is 0.119 e. The summed E-state index contributed by atoms with van der Waals surface area (Å²) in [6.45, 7) is 3.55. The summed E-state index contributed by atoms with van der Waals surface area (Å²) in [6, 6.07) is 16.4. The van der Waals surface area contributed by atoms with E-state index in [1.165, 1.54) is 11.1 Å². The first-order valence-corrected chi connectivity index (χ1v) is 8.54. The van der Waals surface area contributed by atoms with Gasteiger partial charge in [-0.25, -0.2) is 0 Å². The fourth-order valence-corrected chi connectivity index (χ4v) is 3.24. The predicted octanol–water partition coefficient (Wildman–Crippen LogP) is 3.46. The van der Waals surface area contributed by atoms with Crippen LogP contribution in [0.1, 0.15) is 24.0 Å². The Morgan fingerprint density at radius 2 is 1.88 bits per heavy atom. The van der Waals surface area contributed by atoms with Crippen LogP contribution in [0.15, 0.2) is 48.5 Å². The van der Waals surface area contributed by atoms with Crippen molar-refractivity contribution in [2.45, 2.75) is 32.0 Å². The Kier molecular flexibility index (Phi) is 5.72. The van der Waals surface area contributed by atoms with E-state index < -0.39 is 0 Å². The molecule has 2 N–H and O–H groups in total. The zero-order valence-corrected chi connectivity index (χ0v) is 14.3. The Morgan fingerprint density at radius 1 is 1.12 bits per heavy atom. The maximum absolute atomic E-state index is 5.93. The topological polar surface area (TPSA) is 47.7 Å². The van der Waals surface area contributed by atoms with Crippen molar-refractivity contribution in [2.24, 2.45) is 0 Å². The molecule has 24 heavy (non-hydrogen) atoms. The van der Waals surface area contributed by atoms with E-state index in [9.17, 15) is 0 Å². The van der Waals surface area contributed by atoms with Crippen LogP contribution in [0.2, 0.25) is 0 Å². The van der Waals surface area contributed by atoms with Gasteiger partial charge in [-0.15, -0.1) is 0 Å². The standard InChI is InChI=1S/C20H26N2O2/c1-23-19-8-3-6-17(12-19)14-22(15-20-9-4-10-24-20)13-16-5-2-7-18(21)11-16/h2-3,5-8,11-12,20H,4,9-10,13-15,21H2,1H3. The molecule has 0 radical (unpaired) electrons. The Bertz CT molecular complexity index is 654. The highest BCUT2D eigenvalue weighted by atomic mass is 16.5. The summed E-state index contributed by atoms with van der Waals surface area (Å²) in [6.07, 6.45) is 2.64. The van der Waals surface area contributed by atoms with E-state index in [2.05, 4.69) is 23.1 Å². The van der Waals surface area contributed by atoms with Crippen LogP contribution in [0.3, 0.4) is 0 Å². The van der Waals surface area contributed by atoms with E-state index in [1.807, 2.05) is 30.3 Å². The molecule has 0 aromatic heterocycles. The van der Waals surface area contributed by atoms with Gasteiger partial charge in [0.15, 0.2) is 0 Å². The molecule has 1 saturated heterocycles. The molecule has 1 aliphatic heterocycles. The van der Waals surface area contributed by atoms with E-state index in [0.29, 0.717) is 6.10 Å². The first kappa shape index (κ1) is 16.8. The molecule has 1 unspecified atom stereocenters. The lowest BCUT2D eigenvalue weighted by atomic mass is 10.1. The van der Waals surface area contributed by atoms with Gasteiger partial charge in [0, 0.05) is 31.9 Å². The van der Waals surface area contributed by atoms with E-state index in [4.69, 9.17) is 15.2 Å². The summed E-state index contributed by atoms with van der Waals surface area (Å²) < 4.78 is 11.2. The normalized spacial score (nSPS) is 17.3. The summed E-state index contributed by atoms with van der Waals surface area (Å²) >= 11 is 0. The minimum Gasteiger partial charge on any atom is -0.497 e. The van der Waals surface area contributed by atoms with Crippen LogP contribution in [-0.2, 0) is 17.8 Å². The third-order valence-electron chi connectivity index (χ3n) is 4.38. The van der Waals surface area contributed by atoms with Crippen LogP contribution in [0, 0.1) is 0 Å². The van der Waals surface area contributed by atoms with Gasteiger partial charge in [-0.2, -0.15) is 0 Å². The van der Waals surface area contributed by atoms with Gasteiger partial charge in [-0.05, 0) is 48.2 Å². The van der Waals surface area contributed by atoms with Crippen molar-refractivity contribution in [2.75, 3.05) is 26.0 Å². The summed E-state index contributed by atoms with van der Waals surface area (Å²) in [4.78, 5) is 2.43. The van der Waals surface area contributed by atoms with Crippen molar-refractivity contribution in [3.8, 4) is 5.75 Å². The number of nitrogens with zero attached hydrogens (tertiary/aromatic N) is 1. The lowest BCUT2D eigenvalue weighted by Crippen LogP contribution is -2.31. The van der Waals surface area contributed by atoms with Gasteiger partial charge in [0.25, 0.3) is 0 Å². The molecule has 1 fully saturated rings. The molecule has 0 amide bonds. The summed E-state index contributed by atoms with van der Waals surface area (Å²) in [5.74, 6) is 0.897. The van der Waals surface area contributed by atoms with Gasteiger partial charge in [-0.3, -0.25) is 4.90 Å². The van der Waals surface area contributed by atoms with Crippen LogP contribution in [0.25, 0.3) is 0 Å². The molecule has 0 aliphatic carbocycles. The fourth-order valence-electron chi connectivity index (χ4n) is 3.24. The monoisotopic (exact) mass is 326 g/mol. The molecule has 1 aliphatic rings. The molecule has 0 spiro atoms. The van der Waals surface area contributed by atoms with Crippen LogP contribution in [0.5, 0.6) is 5.75 Å². The third-order valence-corrected chi connectivity index (χ3v) is 4.38. The van der Waals surface area contributed by atoms with Crippen molar-refractivity contribution in [3.05, 3.63) is 59.7 Å². The molecule has 128 valence electrons. The molecule has 1 atom stereocenters. The largest absolute Gasteiger partial charge is 0.497 e. The molecular weight excluding hydrogens is 300 g/mol. The number of benzene rings is 2. The van der Waals surface area contributed by atoms with Crippen molar-refractivity contribution in [3.63, 3.8) is 0 Å². The Morgan fingerprint density at radius 3 is 2.54 bits per heavy atom. The number of hydrogen-bond donors (Lipinski definition) is 1. The van der Waals surface area contributed by atoms with Gasteiger partial charge in [-0.1, -0.05) is 24.3 Å². The Hall–Kier alpha value is -2.04. The maximum atomic E-state index is 5.93. The van der Waals surface area contributed by atoms with Crippen LogP contribution < -0.4 is 10.5 Å². The molecular formula is C20H26N2O2. The van der Waals surface area contributed by atoms with Gasteiger partial charge in [0.05, 0.1) is 13.2 Å². The van der Waals surface area contributed by atoms with Crippen molar-refractivity contribution in [1.29, 1.82) is 0 Å². The number of nitrogens with two attached hydrogens (primary N) is 1. The third kappa shape index (κ3) is 4.73. The van der Waals surface area contributed by atoms with Gasteiger partial charge in [0.1, 0.15) is 5.75 Å². The summed E-state index contributed by atoms with van der Waals surface area (Å²) in [7, 11) is 1.70. The number of hydrogen-bond acceptors (Lipinski definition) is 4. The molecule has 0 bridgehead atoms. The zero-order valence-electron chi connectivity index (χ0n) is 14.3. The Balaban J connectivity index is 1.72. The van der Waals surface area contributed by atoms with Gasteiger partial charge in [0.2, 0.25) is 0 Å². The first-order chi connectivity index (χ1) is 11.7. The average molecular weight is 326 g/mol. The highest BCUT2D eigenvalue weighted by molar-refractivity contribution is 5.40. The lowest BCUT2D eigenvalue weighted by molar-refractivity contribution is 0.0679. The highest BCUT2D eigenvalue weighted by Gasteiger charge is 2.19. The minimum atomic E-state index is 0.330. The number of anilines is 1. The molecule has 0 saturated carbocycles. The second-order valence-corrected chi connectivity index (χ2v) is 6.40. The quantitative estimate of drug-likeness (QED) is 0.792. The molecule has 4 heteroatoms. The Labute approximate surface area is 144 Å². The van der Waals surface area contributed by atoms with Gasteiger partial charge < -0.3 is 15.2 Å². The molecule has 2 aromatic rings. The van der Waals surface area contributed by atoms with E-state index in [0.717, 1.165) is 50.5 Å². The van der Waals surface area contributed by atoms with Gasteiger partial charge >= 0.3 is 0 Å². The average Bonchev–Trinajstić information content (AvgIpc) is 3.08. The fraction of sp³-hybridized carbons (Fsp3) is 0.400. The molecule has 1 heterocycles. The number of ether oxygens (including phenoxy) is 2. The SMILES string of the molecule is COc1cccc(CN(Cc2cccc(N)c2)CC2CCCO2)c1. The van der Waals surface area contributed by atoms with Crippen LogP contribution >= 0.6 is 0 Å². The highest BCUT2D eigenvalue weighted by Crippen LogP contribution is 2.20. The van der Waals surface area contributed by atoms with E-state index >= 15 is 0 Å². The first-order valence-electron chi connectivity index (χ1n) is 8.54. The number of rotatable bonds is 7. The predicted molar refractivity (Wildman–Crippen MR) is 96.9 cm³/mol. The summed E-state index contributed by atoms with van der Waals surface area (Å²) in [5.41, 5.74) is 9.22. The van der Waals surface area contributed by atoms with Crippen LogP contribution in [0.4, 0.5) is 5.69 Å². The van der Waals surface area contributed by atoms with E-state index in [-0.39, 0.29) is 0 Å². The van der Waals surface area contributed by atoms with Crippen molar-refractivity contribution < 1.29 is 9.47 Å². The second kappa shape index (κ2) is 8.18. The molecule has 4 nitrogen and oxygen atoms in total. The zero-order chi connectivity index (χ0) is 16.8. The van der Waals surface area contributed by atoms with Crippen molar-refractivity contribution >= 4 is 5.69 Å². The van der Waals surface area contributed by atoms with E-state index in [1.54, 1.807) is 7.11 Å². The summed E-state index contributed by atoms with van der Waals surface area (Å²) in [5, 5.41) is 0. The molecule has 2 aromatic carbocycles. The lowest BCUT2D eigenvalue weighted by Gasteiger charge is -2.25. The van der Waals surface area contributed by atoms with Crippen molar-refractivity contribution in [1.82, 2.24) is 4.90 Å². The smallest absolute Gasteiger partial charge is 0.119 e. The molecule has 3 rings (SSSR count). The second-order valence-electron chi connectivity index (χ2n) is 6.40. The van der Waals surface area contributed by atoms with Crippen LogP contribution in [-0.4, -0.2) is 31.3 Å². The minimum absolute atomic E-state index is 0.330. The number of methoxy groups -OCH3 is 1.